The maximum atomic E-state index is 12.7. The number of rotatable bonds is 5. The molecule has 9 heteroatoms. The van der Waals surface area contributed by atoms with Crippen molar-refractivity contribution < 1.29 is 8.42 Å². The fourth-order valence-electron chi connectivity index (χ4n) is 1.89. The molecular formula is C12H22N4O4S. The van der Waals surface area contributed by atoms with E-state index in [1.807, 2.05) is 6.92 Å². The number of nitrogens with zero attached hydrogens (tertiary/aromatic N) is 3. The standard InChI is InChI=1S/C12H22N4O4S/c1-6-12(2,8-13)16(5)21(19,20)9-7-14(3)11(18)15(4)10(9)17/h7H,6,8,13H2,1-5H3. The molecule has 1 rings (SSSR count). The van der Waals surface area contributed by atoms with Crippen molar-refractivity contribution in [1.82, 2.24) is 13.4 Å². The van der Waals surface area contributed by atoms with Crippen molar-refractivity contribution in [2.75, 3.05) is 13.6 Å². The first-order chi connectivity index (χ1) is 9.52. The summed E-state index contributed by atoms with van der Waals surface area (Å²) in [4.78, 5) is 23.3. The van der Waals surface area contributed by atoms with E-state index in [1.54, 1.807) is 6.92 Å². The lowest BCUT2D eigenvalue weighted by Crippen LogP contribution is -2.53. The predicted molar refractivity (Wildman–Crippen MR) is 79.6 cm³/mol. The maximum Gasteiger partial charge on any atom is 0.330 e. The third kappa shape index (κ3) is 2.81. The van der Waals surface area contributed by atoms with Crippen LogP contribution in [0.5, 0.6) is 0 Å². The number of aryl methyl sites for hydroxylation is 1. The van der Waals surface area contributed by atoms with Gasteiger partial charge < -0.3 is 10.3 Å². The van der Waals surface area contributed by atoms with Gasteiger partial charge in [-0.05, 0) is 13.3 Å². The quantitative estimate of drug-likeness (QED) is 0.736. The van der Waals surface area contributed by atoms with Crippen molar-refractivity contribution in [3.63, 3.8) is 0 Å². The molecule has 0 saturated heterocycles. The van der Waals surface area contributed by atoms with Crippen LogP contribution < -0.4 is 17.0 Å². The normalized spacial score (nSPS) is 15.2. The van der Waals surface area contributed by atoms with Gasteiger partial charge in [-0.3, -0.25) is 9.36 Å². The van der Waals surface area contributed by atoms with Gasteiger partial charge in [-0.25, -0.2) is 13.2 Å². The lowest BCUT2D eigenvalue weighted by atomic mass is 10.00. The fraction of sp³-hybridized carbons (Fsp3) is 0.667. The molecule has 0 aromatic carbocycles. The Morgan fingerprint density at radius 3 is 2.29 bits per heavy atom. The van der Waals surface area contributed by atoms with Gasteiger partial charge in [-0.1, -0.05) is 6.92 Å². The van der Waals surface area contributed by atoms with E-state index in [-0.39, 0.29) is 6.54 Å². The largest absolute Gasteiger partial charge is 0.330 e. The van der Waals surface area contributed by atoms with E-state index < -0.39 is 31.7 Å². The van der Waals surface area contributed by atoms with E-state index in [9.17, 15) is 18.0 Å². The highest BCUT2D eigenvalue weighted by molar-refractivity contribution is 7.89. The zero-order valence-electron chi connectivity index (χ0n) is 13.0. The molecule has 8 nitrogen and oxygen atoms in total. The second-order valence-electron chi connectivity index (χ2n) is 5.28. The van der Waals surface area contributed by atoms with E-state index in [0.717, 1.165) is 19.6 Å². The van der Waals surface area contributed by atoms with Gasteiger partial charge in [0.2, 0.25) is 10.0 Å². The lowest BCUT2D eigenvalue weighted by Gasteiger charge is -2.35. The molecule has 0 radical (unpaired) electrons. The average molecular weight is 318 g/mol. The molecule has 0 saturated carbocycles. The SMILES string of the molecule is CCC(C)(CN)N(C)S(=O)(=O)c1cn(C)c(=O)n(C)c1=O. The van der Waals surface area contributed by atoms with Crippen LogP contribution in [0.2, 0.25) is 0 Å². The number of hydrogen-bond donors (Lipinski definition) is 1. The summed E-state index contributed by atoms with van der Waals surface area (Å²) < 4.78 is 28.3. The van der Waals surface area contributed by atoms with Crippen LogP contribution in [0.4, 0.5) is 0 Å². The highest BCUT2D eigenvalue weighted by Crippen LogP contribution is 2.22. The molecule has 21 heavy (non-hydrogen) atoms. The Morgan fingerprint density at radius 2 is 1.86 bits per heavy atom. The monoisotopic (exact) mass is 318 g/mol. The van der Waals surface area contributed by atoms with Gasteiger partial charge in [0.15, 0.2) is 4.90 Å². The summed E-state index contributed by atoms with van der Waals surface area (Å²) in [5.41, 5.74) is 3.43. The minimum absolute atomic E-state index is 0.116. The summed E-state index contributed by atoms with van der Waals surface area (Å²) >= 11 is 0. The van der Waals surface area contributed by atoms with Crippen molar-refractivity contribution in [1.29, 1.82) is 0 Å². The molecule has 1 heterocycles. The van der Waals surface area contributed by atoms with Crippen molar-refractivity contribution in [3.8, 4) is 0 Å². The smallest absolute Gasteiger partial charge is 0.329 e. The number of likely N-dealkylation sites (N-methyl/N-ethyl adjacent to an activating group) is 1. The van der Waals surface area contributed by atoms with Crippen LogP contribution in [-0.4, -0.2) is 41.0 Å². The van der Waals surface area contributed by atoms with E-state index in [1.165, 1.54) is 21.1 Å². The summed E-state index contributed by atoms with van der Waals surface area (Å²) in [5.74, 6) is 0. The zero-order chi connectivity index (χ0) is 16.6. The summed E-state index contributed by atoms with van der Waals surface area (Å²) in [7, 11) is -0.0345. The van der Waals surface area contributed by atoms with Crippen LogP contribution in [0.15, 0.2) is 20.7 Å². The van der Waals surface area contributed by atoms with E-state index in [0.29, 0.717) is 6.42 Å². The van der Waals surface area contributed by atoms with Gasteiger partial charge in [-0.2, -0.15) is 4.31 Å². The minimum Gasteiger partial charge on any atom is -0.329 e. The molecule has 0 amide bonds. The molecule has 1 aromatic rings. The minimum atomic E-state index is -4.05. The van der Waals surface area contributed by atoms with E-state index in [4.69, 9.17) is 5.73 Å². The van der Waals surface area contributed by atoms with Gasteiger partial charge in [0.25, 0.3) is 5.56 Å². The van der Waals surface area contributed by atoms with E-state index >= 15 is 0 Å². The summed E-state index contributed by atoms with van der Waals surface area (Å²) in [5, 5.41) is 0. The fourth-order valence-corrected chi connectivity index (χ4v) is 3.61. The summed E-state index contributed by atoms with van der Waals surface area (Å²) in [6.45, 7) is 3.64. The van der Waals surface area contributed by atoms with Crippen LogP contribution in [0.25, 0.3) is 0 Å². The Labute approximate surface area is 123 Å². The predicted octanol–water partition coefficient (Wildman–Crippen LogP) is -1.17. The molecule has 0 spiro atoms. The molecule has 1 aromatic heterocycles. The first-order valence-corrected chi connectivity index (χ1v) is 7.92. The van der Waals surface area contributed by atoms with Crippen molar-refractivity contribution in [2.24, 2.45) is 19.8 Å². The van der Waals surface area contributed by atoms with Crippen LogP contribution >= 0.6 is 0 Å². The average Bonchev–Trinajstić information content (AvgIpc) is 2.46. The van der Waals surface area contributed by atoms with Gasteiger partial charge in [-0.15, -0.1) is 0 Å². The van der Waals surface area contributed by atoms with Gasteiger partial charge in [0.1, 0.15) is 0 Å². The van der Waals surface area contributed by atoms with Crippen LogP contribution in [-0.2, 0) is 24.1 Å². The maximum absolute atomic E-state index is 12.7. The molecule has 120 valence electrons. The van der Waals surface area contributed by atoms with Crippen molar-refractivity contribution in [2.45, 2.75) is 30.7 Å². The van der Waals surface area contributed by atoms with Crippen molar-refractivity contribution in [3.05, 3.63) is 27.0 Å². The highest BCUT2D eigenvalue weighted by atomic mass is 32.2. The highest BCUT2D eigenvalue weighted by Gasteiger charge is 2.37. The summed E-state index contributed by atoms with van der Waals surface area (Å²) in [6, 6.07) is 0. The second kappa shape index (κ2) is 5.74. The first-order valence-electron chi connectivity index (χ1n) is 6.48. The van der Waals surface area contributed by atoms with Gasteiger partial charge in [0, 0.05) is 39.4 Å². The number of sulfonamides is 1. The Balaban J connectivity index is 3.61. The number of nitrogens with two attached hydrogens (primary N) is 1. The number of aromatic nitrogens is 2. The molecule has 0 aliphatic carbocycles. The molecule has 2 N–H and O–H groups in total. The van der Waals surface area contributed by atoms with E-state index in [2.05, 4.69) is 0 Å². The molecule has 1 atom stereocenters. The third-order valence-electron chi connectivity index (χ3n) is 4.02. The Hall–Kier alpha value is -1.45. The van der Waals surface area contributed by atoms with Gasteiger partial charge >= 0.3 is 5.69 Å². The molecule has 0 aliphatic rings. The lowest BCUT2D eigenvalue weighted by molar-refractivity contribution is 0.240. The molecular weight excluding hydrogens is 296 g/mol. The molecule has 1 unspecified atom stereocenters. The third-order valence-corrected chi connectivity index (χ3v) is 6.01. The molecule has 0 bridgehead atoms. The second-order valence-corrected chi connectivity index (χ2v) is 7.22. The molecule has 0 aliphatic heterocycles. The van der Waals surface area contributed by atoms with Crippen LogP contribution in [0.1, 0.15) is 20.3 Å². The Kier molecular flexibility index (Phi) is 4.81. The van der Waals surface area contributed by atoms with Crippen LogP contribution in [0.3, 0.4) is 0 Å². The van der Waals surface area contributed by atoms with Crippen molar-refractivity contribution >= 4 is 10.0 Å². The van der Waals surface area contributed by atoms with Gasteiger partial charge in [0.05, 0.1) is 0 Å². The topological polar surface area (TPSA) is 107 Å². The zero-order valence-corrected chi connectivity index (χ0v) is 13.8. The van der Waals surface area contributed by atoms with Crippen LogP contribution in [0, 0.1) is 0 Å². The Morgan fingerprint density at radius 1 is 1.33 bits per heavy atom. The Bertz CT molecular complexity index is 744. The number of hydrogen-bond acceptors (Lipinski definition) is 5. The first kappa shape index (κ1) is 17.6. The summed E-state index contributed by atoms with van der Waals surface area (Å²) in [6.07, 6.45) is 1.54. The molecule has 0 fully saturated rings.